The molecule has 1 aromatic rings. The number of ether oxygens (including phenoxy) is 1. The molecule has 0 radical (unpaired) electrons. The minimum absolute atomic E-state index is 0.330. The predicted octanol–water partition coefficient (Wildman–Crippen LogP) is 1.97. The number of hydrogen-bond donors (Lipinski definition) is 1. The SMILES string of the molecule is CCOCC(O)c1cc(C)oc1C. The molecule has 0 fully saturated rings. The zero-order valence-electron chi connectivity index (χ0n) is 8.33. The summed E-state index contributed by atoms with van der Waals surface area (Å²) in [4.78, 5) is 0. The molecule has 0 amide bonds. The van der Waals surface area contributed by atoms with E-state index in [2.05, 4.69) is 0 Å². The van der Waals surface area contributed by atoms with Crippen LogP contribution in [0.15, 0.2) is 10.5 Å². The molecule has 3 nitrogen and oxygen atoms in total. The summed E-state index contributed by atoms with van der Waals surface area (Å²) in [5.41, 5.74) is 0.825. The minimum Gasteiger partial charge on any atom is -0.466 e. The zero-order chi connectivity index (χ0) is 9.84. The highest BCUT2D eigenvalue weighted by molar-refractivity contribution is 5.22. The van der Waals surface area contributed by atoms with E-state index in [0.29, 0.717) is 13.2 Å². The lowest BCUT2D eigenvalue weighted by Crippen LogP contribution is -2.07. The summed E-state index contributed by atoms with van der Waals surface area (Å²) in [6.07, 6.45) is -0.572. The molecule has 1 atom stereocenters. The molecule has 0 spiro atoms. The highest BCUT2D eigenvalue weighted by Gasteiger charge is 2.13. The molecule has 0 bridgehead atoms. The van der Waals surface area contributed by atoms with E-state index in [1.807, 2.05) is 26.8 Å². The van der Waals surface area contributed by atoms with Crippen molar-refractivity contribution in [3.8, 4) is 0 Å². The Kier molecular flexibility index (Phi) is 3.51. The summed E-state index contributed by atoms with van der Waals surface area (Å²) < 4.78 is 10.4. The minimum atomic E-state index is -0.572. The van der Waals surface area contributed by atoms with Crippen molar-refractivity contribution in [2.75, 3.05) is 13.2 Å². The molecule has 1 rings (SSSR count). The van der Waals surface area contributed by atoms with Crippen LogP contribution >= 0.6 is 0 Å². The Balaban J connectivity index is 2.64. The molecule has 1 unspecified atom stereocenters. The number of aliphatic hydroxyl groups is 1. The van der Waals surface area contributed by atoms with Crippen LogP contribution in [-0.2, 0) is 4.74 Å². The van der Waals surface area contributed by atoms with Gasteiger partial charge >= 0.3 is 0 Å². The van der Waals surface area contributed by atoms with Crippen LogP contribution in [0.25, 0.3) is 0 Å². The second-order valence-electron chi connectivity index (χ2n) is 3.04. The van der Waals surface area contributed by atoms with Crippen LogP contribution in [0, 0.1) is 13.8 Å². The maximum absolute atomic E-state index is 9.66. The average Bonchev–Trinajstić information content (AvgIpc) is 2.41. The number of hydrogen-bond acceptors (Lipinski definition) is 3. The topological polar surface area (TPSA) is 42.6 Å². The molecule has 0 aliphatic carbocycles. The number of aliphatic hydroxyl groups excluding tert-OH is 1. The summed E-state index contributed by atoms with van der Waals surface area (Å²) in [7, 11) is 0. The highest BCUT2D eigenvalue weighted by Crippen LogP contribution is 2.21. The second kappa shape index (κ2) is 4.44. The van der Waals surface area contributed by atoms with Crippen LogP contribution in [-0.4, -0.2) is 18.3 Å². The van der Waals surface area contributed by atoms with E-state index in [-0.39, 0.29) is 0 Å². The molecule has 0 aliphatic rings. The van der Waals surface area contributed by atoms with Crippen LogP contribution < -0.4 is 0 Å². The van der Waals surface area contributed by atoms with Crippen molar-refractivity contribution in [1.29, 1.82) is 0 Å². The van der Waals surface area contributed by atoms with Crippen LogP contribution in [0.4, 0.5) is 0 Å². The summed E-state index contributed by atoms with van der Waals surface area (Å²) in [5, 5.41) is 9.66. The molecule has 3 heteroatoms. The lowest BCUT2D eigenvalue weighted by molar-refractivity contribution is 0.0413. The fourth-order valence-corrected chi connectivity index (χ4v) is 1.30. The standard InChI is InChI=1S/C10H16O3/c1-4-12-6-10(11)9-5-7(2)13-8(9)3/h5,10-11H,4,6H2,1-3H3. The Bertz CT molecular complexity index is 265. The lowest BCUT2D eigenvalue weighted by atomic mass is 10.1. The van der Waals surface area contributed by atoms with E-state index in [0.717, 1.165) is 17.1 Å². The van der Waals surface area contributed by atoms with Gasteiger partial charge in [-0.05, 0) is 26.8 Å². The van der Waals surface area contributed by atoms with Crippen molar-refractivity contribution in [1.82, 2.24) is 0 Å². The third-order valence-electron chi connectivity index (χ3n) is 1.92. The van der Waals surface area contributed by atoms with Crippen molar-refractivity contribution in [3.63, 3.8) is 0 Å². The fraction of sp³-hybridized carbons (Fsp3) is 0.600. The Hall–Kier alpha value is -0.800. The normalized spacial score (nSPS) is 13.2. The summed E-state index contributed by atoms with van der Waals surface area (Å²) in [6.45, 7) is 6.56. The Morgan fingerprint density at radius 3 is 2.69 bits per heavy atom. The van der Waals surface area contributed by atoms with E-state index in [4.69, 9.17) is 9.15 Å². The van der Waals surface area contributed by atoms with Gasteiger partial charge in [0.15, 0.2) is 0 Å². The van der Waals surface area contributed by atoms with E-state index in [9.17, 15) is 5.11 Å². The molecular weight excluding hydrogens is 168 g/mol. The van der Waals surface area contributed by atoms with Crippen molar-refractivity contribution in [3.05, 3.63) is 23.2 Å². The van der Waals surface area contributed by atoms with Gasteiger partial charge in [0.25, 0.3) is 0 Å². The quantitative estimate of drug-likeness (QED) is 0.777. The highest BCUT2D eigenvalue weighted by atomic mass is 16.5. The molecular formula is C10H16O3. The second-order valence-corrected chi connectivity index (χ2v) is 3.04. The van der Waals surface area contributed by atoms with Crippen molar-refractivity contribution < 1.29 is 14.3 Å². The number of aryl methyl sites for hydroxylation is 2. The van der Waals surface area contributed by atoms with Gasteiger partial charge in [-0.2, -0.15) is 0 Å². The first kappa shape index (κ1) is 10.3. The molecule has 74 valence electrons. The molecule has 13 heavy (non-hydrogen) atoms. The third-order valence-corrected chi connectivity index (χ3v) is 1.92. The van der Waals surface area contributed by atoms with Gasteiger partial charge in [-0.25, -0.2) is 0 Å². The van der Waals surface area contributed by atoms with E-state index in [1.165, 1.54) is 0 Å². The van der Waals surface area contributed by atoms with Crippen molar-refractivity contribution >= 4 is 0 Å². The number of rotatable bonds is 4. The smallest absolute Gasteiger partial charge is 0.106 e. The molecule has 0 saturated heterocycles. The Morgan fingerprint density at radius 2 is 2.23 bits per heavy atom. The van der Waals surface area contributed by atoms with Gasteiger partial charge in [0.05, 0.1) is 6.61 Å². The van der Waals surface area contributed by atoms with E-state index in [1.54, 1.807) is 0 Å². The van der Waals surface area contributed by atoms with Gasteiger partial charge in [0, 0.05) is 12.2 Å². The van der Waals surface area contributed by atoms with Gasteiger partial charge in [-0.3, -0.25) is 0 Å². The Labute approximate surface area is 78.3 Å². The average molecular weight is 184 g/mol. The summed E-state index contributed by atoms with van der Waals surface area (Å²) in [5.74, 6) is 1.59. The maximum atomic E-state index is 9.66. The van der Waals surface area contributed by atoms with Crippen LogP contribution in [0.1, 0.15) is 30.1 Å². The predicted molar refractivity (Wildman–Crippen MR) is 49.6 cm³/mol. The molecule has 0 aliphatic heterocycles. The van der Waals surface area contributed by atoms with Gasteiger partial charge in [0.2, 0.25) is 0 Å². The van der Waals surface area contributed by atoms with Crippen LogP contribution in [0.3, 0.4) is 0 Å². The van der Waals surface area contributed by atoms with Crippen LogP contribution in [0.2, 0.25) is 0 Å². The molecule has 1 aromatic heterocycles. The molecule has 0 aromatic carbocycles. The molecule has 0 saturated carbocycles. The van der Waals surface area contributed by atoms with Gasteiger partial charge in [-0.1, -0.05) is 0 Å². The molecule has 1 N–H and O–H groups in total. The third kappa shape index (κ3) is 2.57. The van der Waals surface area contributed by atoms with Gasteiger partial charge in [-0.15, -0.1) is 0 Å². The molecule has 1 heterocycles. The fourth-order valence-electron chi connectivity index (χ4n) is 1.30. The first-order valence-corrected chi connectivity index (χ1v) is 4.48. The van der Waals surface area contributed by atoms with Gasteiger partial charge < -0.3 is 14.3 Å². The van der Waals surface area contributed by atoms with E-state index >= 15 is 0 Å². The van der Waals surface area contributed by atoms with Crippen LogP contribution in [0.5, 0.6) is 0 Å². The Morgan fingerprint density at radius 1 is 1.54 bits per heavy atom. The van der Waals surface area contributed by atoms with Crippen molar-refractivity contribution in [2.24, 2.45) is 0 Å². The number of furan rings is 1. The largest absolute Gasteiger partial charge is 0.466 e. The summed E-state index contributed by atoms with van der Waals surface area (Å²) >= 11 is 0. The first-order chi connectivity index (χ1) is 6.15. The lowest BCUT2D eigenvalue weighted by Gasteiger charge is -2.08. The van der Waals surface area contributed by atoms with Crippen molar-refractivity contribution in [2.45, 2.75) is 26.9 Å². The first-order valence-electron chi connectivity index (χ1n) is 4.48. The van der Waals surface area contributed by atoms with Gasteiger partial charge in [0.1, 0.15) is 17.6 Å². The zero-order valence-corrected chi connectivity index (χ0v) is 8.33. The summed E-state index contributed by atoms with van der Waals surface area (Å²) in [6, 6.07) is 1.85. The maximum Gasteiger partial charge on any atom is 0.106 e. The monoisotopic (exact) mass is 184 g/mol. The van der Waals surface area contributed by atoms with E-state index < -0.39 is 6.10 Å².